The number of nitrogens with one attached hydrogen (secondary N) is 1. The van der Waals surface area contributed by atoms with Crippen LogP contribution in [-0.2, 0) is 10.2 Å². The first-order chi connectivity index (χ1) is 11.7. The summed E-state index contributed by atoms with van der Waals surface area (Å²) in [6.07, 6.45) is 6.57. The second-order valence-corrected chi connectivity index (χ2v) is 6.59. The topological polar surface area (TPSA) is 59.6 Å². The third kappa shape index (κ3) is 5.48. The molecule has 0 radical (unpaired) electrons. The fourth-order valence-electron chi connectivity index (χ4n) is 3.16. The monoisotopic (exact) mass is 335 g/mol. The van der Waals surface area contributed by atoms with Crippen molar-refractivity contribution in [2.24, 2.45) is 10.7 Å². The zero-order valence-electron chi connectivity index (χ0n) is 14.7. The van der Waals surface area contributed by atoms with Gasteiger partial charge in [-0.1, -0.05) is 38.3 Å². The summed E-state index contributed by atoms with van der Waals surface area (Å²) < 4.78 is 18.7. The van der Waals surface area contributed by atoms with Gasteiger partial charge in [-0.2, -0.15) is 0 Å². The Kier molecular flexibility index (Phi) is 7.50. The highest BCUT2D eigenvalue weighted by atomic mass is 19.1. The molecule has 1 fully saturated rings. The standard InChI is InChI=1S/C19H30FN3O/c1-2-3-4-5-12-22-18(21)23-15-19(10-13-24-14-11-19)16-6-8-17(20)9-7-16/h6-9H,2-5,10-15H2,1H3,(H3,21,22,23). The normalized spacial score (nSPS) is 17.7. The van der Waals surface area contributed by atoms with E-state index >= 15 is 0 Å². The molecule has 0 aliphatic carbocycles. The first-order valence-electron chi connectivity index (χ1n) is 9.04. The fourth-order valence-corrected chi connectivity index (χ4v) is 3.16. The number of unbranched alkanes of at least 4 members (excludes halogenated alkanes) is 3. The zero-order valence-corrected chi connectivity index (χ0v) is 14.7. The van der Waals surface area contributed by atoms with Gasteiger partial charge in [0.25, 0.3) is 0 Å². The van der Waals surface area contributed by atoms with E-state index < -0.39 is 0 Å². The molecule has 1 aromatic rings. The number of ether oxygens (including phenoxy) is 1. The van der Waals surface area contributed by atoms with E-state index in [-0.39, 0.29) is 11.2 Å². The molecule has 24 heavy (non-hydrogen) atoms. The third-order valence-electron chi connectivity index (χ3n) is 4.80. The lowest BCUT2D eigenvalue weighted by molar-refractivity contribution is 0.0531. The summed E-state index contributed by atoms with van der Waals surface area (Å²) in [4.78, 5) is 4.57. The molecule has 1 saturated heterocycles. The van der Waals surface area contributed by atoms with E-state index in [1.807, 2.05) is 12.1 Å². The van der Waals surface area contributed by atoms with E-state index in [0.29, 0.717) is 25.7 Å². The van der Waals surface area contributed by atoms with Gasteiger partial charge in [0, 0.05) is 25.2 Å². The average Bonchev–Trinajstić information content (AvgIpc) is 2.61. The average molecular weight is 335 g/mol. The van der Waals surface area contributed by atoms with E-state index in [1.165, 1.54) is 31.4 Å². The molecule has 0 amide bonds. The molecule has 0 spiro atoms. The maximum atomic E-state index is 13.2. The van der Waals surface area contributed by atoms with Crippen molar-refractivity contribution in [2.45, 2.75) is 50.9 Å². The molecule has 0 saturated carbocycles. The molecule has 5 heteroatoms. The number of guanidine groups is 1. The number of aliphatic imine (C=N–C) groups is 1. The maximum Gasteiger partial charge on any atom is 0.188 e. The van der Waals surface area contributed by atoms with Crippen LogP contribution >= 0.6 is 0 Å². The number of nitrogens with two attached hydrogens (primary N) is 1. The molecule has 2 rings (SSSR count). The summed E-state index contributed by atoms with van der Waals surface area (Å²) in [5.41, 5.74) is 7.02. The largest absolute Gasteiger partial charge is 0.381 e. The molecule has 3 N–H and O–H groups in total. The van der Waals surface area contributed by atoms with Crippen LogP contribution in [0.4, 0.5) is 4.39 Å². The van der Waals surface area contributed by atoms with Gasteiger partial charge in [-0.15, -0.1) is 0 Å². The van der Waals surface area contributed by atoms with Gasteiger partial charge in [0.15, 0.2) is 5.96 Å². The van der Waals surface area contributed by atoms with Gasteiger partial charge in [0.1, 0.15) is 5.82 Å². The van der Waals surface area contributed by atoms with Crippen LogP contribution in [0.15, 0.2) is 29.3 Å². The lowest BCUT2D eigenvalue weighted by atomic mass is 9.74. The Bertz CT molecular complexity index is 510. The van der Waals surface area contributed by atoms with Crippen LogP contribution in [0.1, 0.15) is 51.0 Å². The van der Waals surface area contributed by atoms with E-state index in [0.717, 1.165) is 31.4 Å². The summed E-state index contributed by atoms with van der Waals surface area (Å²) in [5, 5.41) is 3.20. The molecule has 1 aliphatic rings. The molecule has 1 aromatic carbocycles. The minimum atomic E-state index is -0.210. The smallest absolute Gasteiger partial charge is 0.188 e. The Hall–Kier alpha value is -1.62. The van der Waals surface area contributed by atoms with Crippen LogP contribution in [-0.4, -0.2) is 32.3 Å². The summed E-state index contributed by atoms with van der Waals surface area (Å²) in [6.45, 7) is 5.08. The van der Waals surface area contributed by atoms with Gasteiger partial charge in [0.2, 0.25) is 0 Å². The molecule has 1 heterocycles. The molecule has 0 bridgehead atoms. The number of rotatable bonds is 8. The van der Waals surface area contributed by atoms with E-state index in [9.17, 15) is 4.39 Å². The van der Waals surface area contributed by atoms with Crippen molar-refractivity contribution in [2.75, 3.05) is 26.3 Å². The van der Waals surface area contributed by atoms with Gasteiger partial charge in [0.05, 0.1) is 6.54 Å². The van der Waals surface area contributed by atoms with E-state index in [1.54, 1.807) is 0 Å². The van der Waals surface area contributed by atoms with Crippen molar-refractivity contribution in [3.63, 3.8) is 0 Å². The minimum Gasteiger partial charge on any atom is -0.381 e. The fraction of sp³-hybridized carbons (Fsp3) is 0.632. The highest BCUT2D eigenvalue weighted by molar-refractivity contribution is 5.77. The summed E-state index contributed by atoms with van der Waals surface area (Å²) >= 11 is 0. The molecule has 134 valence electrons. The van der Waals surface area contributed by atoms with Crippen molar-refractivity contribution in [1.82, 2.24) is 5.32 Å². The Morgan fingerprint density at radius 2 is 1.92 bits per heavy atom. The highest BCUT2D eigenvalue weighted by Crippen LogP contribution is 2.35. The first kappa shape index (κ1) is 18.7. The van der Waals surface area contributed by atoms with Gasteiger partial charge < -0.3 is 15.8 Å². The van der Waals surface area contributed by atoms with Crippen LogP contribution < -0.4 is 11.1 Å². The van der Waals surface area contributed by atoms with Crippen molar-refractivity contribution in [1.29, 1.82) is 0 Å². The van der Waals surface area contributed by atoms with Crippen molar-refractivity contribution in [3.8, 4) is 0 Å². The lowest BCUT2D eigenvalue weighted by Crippen LogP contribution is -2.39. The van der Waals surface area contributed by atoms with Crippen LogP contribution in [0.25, 0.3) is 0 Å². The predicted molar refractivity (Wildman–Crippen MR) is 96.8 cm³/mol. The molecular weight excluding hydrogens is 305 g/mol. The first-order valence-corrected chi connectivity index (χ1v) is 9.04. The predicted octanol–water partition coefficient (Wildman–Crippen LogP) is 3.36. The number of nitrogens with zero attached hydrogens (tertiary/aromatic N) is 1. The summed E-state index contributed by atoms with van der Waals surface area (Å²) in [7, 11) is 0. The SMILES string of the molecule is CCCCCCNC(N)=NCC1(c2ccc(F)cc2)CCOCC1. The third-order valence-corrected chi connectivity index (χ3v) is 4.80. The number of hydrogen-bond acceptors (Lipinski definition) is 2. The van der Waals surface area contributed by atoms with Crippen molar-refractivity contribution in [3.05, 3.63) is 35.6 Å². The van der Waals surface area contributed by atoms with Crippen LogP contribution in [0.2, 0.25) is 0 Å². The molecular formula is C19H30FN3O. The quantitative estimate of drug-likeness (QED) is 0.435. The molecule has 0 atom stereocenters. The van der Waals surface area contributed by atoms with Crippen LogP contribution in [0.3, 0.4) is 0 Å². The van der Waals surface area contributed by atoms with Crippen LogP contribution in [0, 0.1) is 5.82 Å². The zero-order chi connectivity index (χ0) is 17.3. The van der Waals surface area contributed by atoms with Crippen molar-refractivity contribution >= 4 is 5.96 Å². The van der Waals surface area contributed by atoms with Crippen molar-refractivity contribution < 1.29 is 9.13 Å². The Morgan fingerprint density at radius 3 is 2.58 bits per heavy atom. The van der Waals surface area contributed by atoms with Gasteiger partial charge in [-0.05, 0) is 37.0 Å². The van der Waals surface area contributed by atoms with Gasteiger partial charge in [-0.25, -0.2) is 4.39 Å². The summed E-state index contributed by atoms with van der Waals surface area (Å²) in [5.74, 6) is 0.289. The molecule has 0 unspecified atom stereocenters. The molecule has 1 aliphatic heterocycles. The highest BCUT2D eigenvalue weighted by Gasteiger charge is 2.34. The number of hydrogen-bond donors (Lipinski definition) is 2. The molecule has 0 aromatic heterocycles. The van der Waals surface area contributed by atoms with Crippen LogP contribution in [0.5, 0.6) is 0 Å². The number of halogens is 1. The maximum absolute atomic E-state index is 13.2. The lowest BCUT2D eigenvalue weighted by Gasteiger charge is -2.36. The Labute approximate surface area is 144 Å². The van der Waals surface area contributed by atoms with E-state index in [4.69, 9.17) is 10.5 Å². The Morgan fingerprint density at radius 1 is 1.21 bits per heavy atom. The summed E-state index contributed by atoms with van der Waals surface area (Å²) in [6, 6.07) is 6.77. The van der Waals surface area contributed by atoms with Gasteiger partial charge in [-0.3, -0.25) is 4.99 Å². The van der Waals surface area contributed by atoms with E-state index in [2.05, 4.69) is 17.2 Å². The minimum absolute atomic E-state index is 0.111. The van der Waals surface area contributed by atoms with Gasteiger partial charge >= 0.3 is 0 Å². The second kappa shape index (κ2) is 9.62. The number of benzene rings is 1. The Balaban J connectivity index is 1.96. The second-order valence-electron chi connectivity index (χ2n) is 6.59. The molecule has 4 nitrogen and oxygen atoms in total.